The highest BCUT2D eigenvalue weighted by Gasteiger charge is 2.24. The van der Waals surface area contributed by atoms with Gasteiger partial charge in [0.15, 0.2) is 11.6 Å². The van der Waals surface area contributed by atoms with Crippen molar-refractivity contribution in [1.29, 1.82) is 0 Å². The van der Waals surface area contributed by atoms with Crippen LogP contribution in [0, 0.1) is 0 Å². The number of fused-ring (bicyclic) bond motifs is 12. The van der Waals surface area contributed by atoms with Crippen LogP contribution < -0.4 is 0 Å². The van der Waals surface area contributed by atoms with Crippen molar-refractivity contribution in [3.63, 3.8) is 0 Å². The monoisotopic (exact) mass is 1420 g/mol. The Labute approximate surface area is 645 Å². The van der Waals surface area contributed by atoms with Crippen LogP contribution in [-0.4, -0.2) is 39.9 Å². The molecule has 0 N–H and O–H groups in total. The van der Waals surface area contributed by atoms with Crippen molar-refractivity contribution in [3.05, 3.63) is 388 Å². The number of para-hydroxylation sites is 2. The van der Waals surface area contributed by atoms with Crippen molar-refractivity contribution in [2.24, 2.45) is 0 Å². The summed E-state index contributed by atoms with van der Waals surface area (Å²) >= 11 is 0. The number of pyridine rings is 4. The highest BCUT2D eigenvalue weighted by Crippen LogP contribution is 2.46. The predicted octanol–water partition coefficient (Wildman–Crippen LogP) is 26.7. The first-order valence-corrected chi connectivity index (χ1v) is 37.8. The summed E-state index contributed by atoms with van der Waals surface area (Å²) in [6.45, 7) is 0. The van der Waals surface area contributed by atoms with E-state index in [-0.39, 0.29) is 0 Å². The van der Waals surface area contributed by atoms with Gasteiger partial charge in [-0.25, -0.2) is 39.9 Å². The van der Waals surface area contributed by atoms with Crippen molar-refractivity contribution in [3.8, 4) is 113 Å². The van der Waals surface area contributed by atoms with E-state index in [4.69, 9.17) is 39.9 Å². The Hall–Kier alpha value is -15.1. The highest BCUT2D eigenvalue weighted by molar-refractivity contribution is 6.22. The Morgan fingerprint density at radius 2 is 0.455 bits per heavy atom. The molecule has 112 heavy (non-hydrogen) atoms. The maximum atomic E-state index is 5.53. The molecule has 8 nitrogen and oxygen atoms in total. The minimum Gasteiger partial charge on any atom is -0.245 e. The van der Waals surface area contributed by atoms with Crippen LogP contribution in [0.15, 0.2) is 388 Å². The highest BCUT2D eigenvalue weighted by atomic mass is 14.9. The maximum absolute atomic E-state index is 5.53. The minimum atomic E-state index is 0.686. The third kappa shape index (κ3) is 11.7. The first kappa shape index (κ1) is 65.2. The lowest BCUT2D eigenvalue weighted by Crippen LogP contribution is -1.99. The van der Waals surface area contributed by atoms with E-state index in [1.54, 1.807) is 0 Å². The van der Waals surface area contributed by atoms with Gasteiger partial charge in [-0.1, -0.05) is 328 Å². The number of hydrogen-bond acceptors (Lipinski definition) is 8. The van der Waals surface area contributed by atoms with Gasteiger partial charge in [0, 0.05) is 88.0 Å². The van der Waals surface area contributed by atoms with Gasteiger partial charge in [-0.15, -0.1) is 0 Å². The van der Waals surface area contributed by atoms with Crippen molar-refractivity contribution < 1.29 is 0 Å². The Morgan fingerprint density at radius 1 is 0.134 bits per heavy atom. The molecule has 8 heteroatoms. The number of hydrogen-bond donors (Lipinski definition) is 0. The third-order valence-electron chi connectivity index (χ3n) is 21.6. The Morgan fingerprint density at radius 3 is 0.884 bits per heavy atom. The Kier molecular flexibility index (Phi) is 16.1. The van der Waals surface area contributed by atoms with Crippen molar-refractivity contribution in [2.45, 2.75) is 0 Å². The Bertz CT molecular complexity index is 7300. The molecule has 0 radical (unpaired) electrons. The number of aromatic nitrogens is 8. The fourth-order valence-corrected chi connectivity index (χ4v) is 16.3. The van der Waals surface area contributed by atoms with Crippen LogP contribution in [0.3, 0.4) is 0 Å². The fourth-order valence-electron chi connectivity index (χ4n) is 16.3. The molecule has 0 spiro atoms. The van der Waals surface area contributed by atoms with Crippen LogP contribution >= 0.6 is 0 Å². The molecule has 0 amide bonds. The molecule has 0 saturated carbocycles. The lowest BCUT2D eigenvalue weighted by molar-refractivity contribution is 1.18. The minimum absolute atomic E-state index is 0.686. The van der Waals surface area contributed by atoms with Crippen LogP contribution in [0.1, 0.15) is 0 Å². The summed E-state index contributed by atoms with van der Waals surface area (Å²) in [6, 6.07) is 136. The number of rotatable bonds is 10. The van der Waals surface area contributed by atoms with E-state index in [0.29, 0.717) is 11.6 Å². The summed E-state index contributed by atoms with van der Waals surface area (Å²) in [7, 11) is 0. The van der Waals surface area contributed by atoms with Gasteiger partial charge in [-0.3, -0.25) is 0 Å². The third-order valence-corrected chi connectivity index (χ3v) is 21.6. The maximum Gasteiger partial charge on any atom is 0.161 e. The SMILES string of the molecule is c1ccc(-c2cc(-c3ccccc3)nc(-c3c4ccccc4c(-c4ccc5ccc6c(-c7ccccc7)c7ccccc7nc6c5n4)c4ccccc34)n2)cc1.c1ccc(-c2cc(-c3ccccc3)nc(-c3ccc4cc5cc(-c6ccc7ccc8c(-c9ccccc9)c9ccccc9nc8c7n6)ccc5cc4c3)n2)cc1. The van der Waals surface area contributed by atoms with Crippen LogP contribution in [0.5, 0.6) is 0 Å². The molecule has 22 rings (SSSR count). The zero-order valence-corrected chi connectivity index (χ0v) is 60.5. The average molecular weight is 1430 g/mol. The lowest BCUT2D eigenvalue weighted by atomic mass is 9.89. The number of nitrogens with zero attached hydrogens (tertiary/aromatic N) is 8. The molecule has 0 fully saturated rings. The second-order valence-electron chi connectivity index (χ2n) is 28.4. The molecule has 0 bridgehead atoms. The largest absolute Gasteiger partial charge is 0.245 e. The first-order valence-electron chi connectivity index (χ1n) is 37.8. The quantitative estimate of drug-likeness (QED) is 0.0985. The van der Waals surface area contributed by atoms with Crippen LogP contribution in [-0.2, 0) is 0 Å². The van der Waals surface area contributed by atoms with Crippen LogP contribution in [0.4, 0.5) is 0 Å². The van der Waals surface area contributed by atoms with Gasteiger partial charge >= 0.3 is 0 Å². The summed E-state index contributed by atoms with van der Waals surface area (Å²) in [6.07, 6.45) is 0. The van der Waals surface area contributed by atoms with E-state index in [9.17, 15) is 0 Å². The van der Waals surface area contributed by atoms with Gasteiger partial charge in [0.2, 0.25) is 0 Å². The fraction of sp³-hybridized carbons (Fsp3) is 0. The van der Waals surface area contributed by atoms with E-state index >= 15 is 0 Å². The summed E-state index contributed by atoms with van der Waals surface area (Å²) in [5, 5.41) is 15.5. The van der Waals surface area contributed by atoms with Crippen molar-refractivity contribution >= 4 is 109 Å². The van der Waals surface area contributed by atoms with E-state index in [2.05, 4.69) is 340 Å². The molecule has 16 aromatic carbocycles. The molecule has 6 heterocycles. The van der Waals surface area contributed by atoms with Gasteiger partial charge in [0.25, 0.3) is 0 Å². The molecular weight excluding hydrogens is 1360 g/mol. The topological polar surface area (TPSA) is 103 Å². The van der Waals surface area contributed by atoms with E-state index in [1.807, 2.05) is 48.5 Å². The molecule has 0 saturated heterocycles. The van der Waals surface area contributed by atoms with Crippen molar-refractivity contribution in [1.82, 2.24) is 39.9 Å². The van der Waals surface area contributed by atoms with Gasteiger partial charge in [0.1, 0.15) is 0 Å². The van der Waals surface area contributed by atoms with Gasteiger partial charge in [0.05, 0.1) is 67.3 Å². The van der Waals surface area contributed by atoms with Crippen LogP contribution in [0.2, 0.25) is 0 Å². The molecule has 520 valence electrons. The molecule has 6 aromatic heterocycles. The molecule has 0 aliphatic rings. The summed E-state index contributed by atoms with van der Waals surface area (Å²) in [5.41, 5.74) is 23.9. The first-order chi connectivity index (χ1) is 55.5. The zero-order valence-electron chi connectivity index (χ0n) is 60.5. The summed E-state index contributed by atoms with van der Waals surface area (Å²) in [5.74, 6) is 1.39. The van der Waals surface area contributed by atoms with E-state index in [1.165, 1.54) is 16.7 Å². The number of benzene rings is 16. The molecule has 0 unspecified atom stereocenters. The standard InChI is InChI=1S/2C52H32N4/c1-4-16-33(17-5-1)45-32-46(34-18-6-2-7-19-34)56-52(55-45)49-39-24-12-10-22-37(39)48(38-23-11-13-25-40(38)49)44-31-29-36-28-30-42-47(35-20-8-3-9-21-35)41-26-14-15-27-43(41)53-51(42)50(36)54-44;1-4-12-33(13-5-1)47-32-48(34-14-6-2-7-15-34)56-52(55-47)40-23-21-38-28-41-30-39(22-20-37(41)29-42(38)31-40)45-27-25-36-24-26-44-49(35-16-8-3-9-17-35)43-18-10-11-19-46(43)54-51(44)50(36)53-45/h2*1-32H. The van der Waals surface area contributed by atoms with Crippen molar-refractivity contribution in [2.75, 3.05) is 0 Å². The summed E-state index contributed by atoms with van der Waals surface area (Å²) < 4.78 is 0. The molecule has 0 aliphatic carbocycles. The summed E-state index contributed by atoms with van der Waals surface area (Å²) in [4.78, 5) is 42.1. The van der Waals surface area contributed by atoms with Gasteiger partial charge in [-0.05, 0) is 115 Å². The molecule has 0 atom stereocenters. The molecule has 0 aliphatic heterocycles. The van der Waals surface area contributed by atoms with Crippen LogP contribution in [0.25, 0.3) is 221 Å². The van der Waals surface area contributed by atoms with E-state index < -0.39 is 0 Å². The lowest BCUT2D eigenvalue weighted by Gasteiger charge is -2.18. The van der Waals surface area contributed by atoms with E-state index in [0.717, 1.165) is 193 Å². The second kappa shape index (κ2) is 27.6. The normalized spacial score (nSPS) is 11.6. The Balaban J connectivity index is 0.000000141. The zero-order chi connectivity index (χ0) is 74.0. The van der Waals surface area contributed by atoms with Gasteiger partial charge < -0.3 is 0 Å². The molecular formula is C104H64N8. The smallest absolute Gasteiger partial charge is 0.161 e. The second-order valence-corrected chi connectivity index (χ2v) is 28.4. The predicted molar refractivity (Wildman–Crippen MR) is 465 cm³/mol. The average Bonchev–Trinajstić information content (AvgIpc) is 0.729. The van der Waals surface area contributed by atoms with Gasteiger partial charge in [-0.2, -0.15) is 0 Å². The molecule has 22 aromatic rings.